The molecule has 3 amide bonds. The second-order valence-corrected chi connectivity index (χ2v) is 11.6. The predicted octanol–water partition coefficient (Wildman–Crippen LogP) is 6.15. The number of amides is 3. The van der Waals surface area contributed by atoms with Gasteiger partial charge in [-0.1, -0.05) is 109 Å². The Morgan fingerprint density at radius 2 is 1.20 bits per heavy atom. The molecule has 4 aromatic carbocycles. The summed E-state index contributed by atoms with van der Waals surface area (Å²) in [5.41, 5.74) is 15.5. The molecule has 0 saturated heterocycles. The molecule has 0 spiro atoms. The molecular weight excluding hydrogens is 624 g/mol. The van der Waals surface area contributed by atoms with E-state index in [1.807, 2.05) is 72.8 Å². The molecule has 0 bridgehead atoms. The number of carbonyl (C=O) groups excluding carboxylic acids is 3. The van der Waals surface area contributed by atoms with Crippen LogP contribution in [0.1, 0.15) is 54.2 Å². The van der Waals surface area contributed by atoms with Crippen molar-refractivity contribution in [1.82, 2.24) is 10.6 Å². The van der Waals surface area contributed by atoms with Crippen LogP contribution in [0.2, 0.25) is 0 Å². The molecule has 4 rings (SSSR count). The summed E-state index contributed by atoms with van der Waals surface area (Å²) in [5, 5.41) is 13.0. The zero-order valence-electron chi connectivity index (χ0n) is 27.8. The Bertz CT molecular complexity index is 1690. The van der Waals surface area contributed by atoms with Gasteiger partial charge < -0.3 is 31.0 Å². The minimum Gasteiger partial charge on any atom is -0.444 e. The average molecular weight is 667 g/mol. The monoisotopic (exact) mass is 666 g/mol. The van der Waals surface area contributed by atoms with Gasteiger partial charge in [-0.05, 0) is 43.0 Å². The van der Waals surface area contributed by atoms with E-state index in [0.717, 1.165) is 22.3 Å². The van der Waals surface area contributed by atoms with Crippen molar-refractivity contribution in [1.29, 1.82) is 5.41 Å². The Labute approximate surface area is 286 Å². The van der Waals surface area contributed by atoms with Crippen LogP contribution in [0.3, 0.4) is 0 Å². The van der Waals surface area contributed by atoms with E-state index >= 15 is 0 Å². The van der Waals surface area contributed by atoms with Crippen LogP contribution in [0.5, 0.6) is 0 Å². The van der Waals surface area contributed by atoms with Gasteiger partial charge in [0.1, 0.15) is 30.5 Å². The molecule has 0 aliphatic heterocycles. The lowest BCUT2D eigenvalue weighted by Crippen LogP contribution is -2.32. The van der Waals surface area contributed by atoms with Crippen LogP contribution in [0, 0.1) is 5.41 Å². The third kappa shape index (κ3) is 14.5. The molecule has 0 radical (unpaired) electrons. The average Bonchev–Trinajstić information content (AvgIpc) is 3.09. The highest BCUT2D eigenvalue weighted by Gasteiger charge is 2.16. The molecule has 0 aliphatic carbocycles. The predicted molar refractivity (Wildman–Crippen MR) is 188 cm³/mol. The van der Waals surface area contributed by atoms with Crippen molar-refractivity contribution in [3.63, 3.8) is 0 Å². The number of ether oxygens (including phenoxy) is 3. The Balaban J connectivity index is 0.000000276. The van der Waals surface area contributed by atoms with Gasteiger partial charge in [0.2, 0.25) is 0 Å². The summed E-state index contributed by atoms with van der Waals surface area (Å²) in [4.78, 5) is 38.8. The van der Waals surface area contributed by atoms with Gasteiger partial charge >= 0.3 is 18.3 Å². The van der Waals surface area contributed by atoms with Gasteiger partial charge in [0.15, 0.2) is 0 Å². The lowest BCUT2D eigenvalue weighted by Gasteiger charge is -2.19. The van der Waals surface area contributed by atoms with E-state index in [4.69, 9.17) is 31.1 Å². The number of carbonyl (C=O) groups is 3. The first kappa shape index (κ1) is 37.4. The number of amidine groups is 2. The van der Waals surface area contributed by atoms with Gasteiger partial charge in [-0.25, -0.2) is 14.4 Å². The largest absolute Gasteiger partial charge is 0.444 e. The molecule has 0 fully saturated rings. The highest BCUT2D eigenvalue weighted by atomic mass is 16.6. The van der Waals surface area contributed by atoms with Crippen LogP contribution in [-0.2, 0) is 40.5 Å². The molecule has 0 aromatic heterocycles. The van der Waals surface area contributed by atoms with Gasteiger partial charge in [0, 0.05) is 24.2 Å². The summed E-state index contributed by atoms with van der Waals surface area (Å²) in [6.07, 6.45) is -1.89. The van der Waals surface area contributed by atoms with Crippen LogP contribution in [0.4, 0.5) is 14.4 Å². The molecule has 0 unspecified atom stereocenters. The van der Waals surface area contributed by atoms with E-state index < -0.39 is 23.9 Å². The van der Waals surface area contributed by atoms with Gasteiger partial charge in [0.25, 0.3) is 0 Å². The highest BCUT2D eigenvalue weighted by molar-refractivity contribution is 6.04. The molecular formula is C37H42N6O6. The van der Waals surface area contributed by atoms with Gasteiger partial charge in [-0.2, -0.15) is 4.99 Å². The second kappa shape index (κ2) is 19.0. The quantitative estimate of drug-likeness (QED) is 0.0798. The highest BCUT2D eigenvalue weighted by Crippen LogP contribution is 2.09. The summed E-state index contributed by atoms with van der Waals surface area (Å²) in [5.74, 6) is 0.0568. The Morgan fingerprint density at radius 3 is 1.73 bits per heavy atom. The maximum absolute atomic E-state index is 11.8. The van der Waals surface area contributed by atoms with Crippen LogP contribution in [0.15, 0.2) is 114 Å². The number of nitrogens with zero attached hydrogens (tertiary/aromatic N) is 1. The van der Waals surface area contributed by atoms with Crippen LogP contribution < -0.4 is 22.1 Å². The Morgan fingerprint density at radius 1 is 0.694 bits per heavy atom. The van der Waals surface area contributed by atoms with Gasteiger partial charge in [-0.3, -0.25) is 10.7 Å². The van der Waals surface area contributed by atoms with E-state index in [9.17, 15) is 14.4 Å². The minimum atomic E-state index is -0.709. The lowest BCUT2D eigenvalue weighted by molar-refractivity contribution is 0.0523. The van der Waals surface area contributed by atoms with Crippen LogP contribution in [0.25, 0.3) is 0 Å². The molecule has 4 aromatic rings. The minimum absolute atomic E-state index is 0.0651. The van der Waals surface area contributed by atoms with E-state index in [1.54, 1.807) is 57.2 Å². The van der Waals surface area contributed by atoms with Crippen LogP contribution >= 0.6 is 0 Å². The lowest BCUT2D eigenvalue weighted by atomic mass is 10.1. The molecule has 49 heavy (non-hydrogen) atoms. The number of alkyl carbamates (subject to hydrolysis) is 2. The molecule has 0 saturated carbocycles. The van der Waals surface area contributed by atoms with Crippen molar-refractivity contribution in [2.45, 2.75) is 52.7 Å². The molecule has 0 heterocycles. The second-order valence-electron chi connectivity index (χ2n) is 11.6. The molecule has 12 nitrogen and oxygen atoms in total. The van der Waals surface area contributed by atoms with Gasteiger partial charge in [0.05, 0.1) is 0 Å². The molecule has 7 N–H and O–H groups in total. The summed E-state index contributed by atoms with van der Waals surface area (Å²) in [6.45, 7) is 6.45. The number of aliphatic imine (C=N–C) groups is 1. The summed E-state index contributed by atoms with van der Waals surface area (Å²) >= 11 is 0. The summed E-state index contributed by atoms with van der Waals surface area (Å²) < 4.78 is 15.3. The first-order valence-corrected chi connectivity index (χ1v) is 15.4. The van der Waals surface area contributed by atoms with Crippen molar-refractivity contribution >= 4 is 30.0 Å². The third-order valence-electron chi connectivity index (χ3n) is 6.42. The molecule has 12 heteroatoms. The van der Waals surface area contributed by atoms with Crippen molar-refractivity contribution < 1.29 is 28.6 Å². The summed E-state index contributed by atoms with van der Waals surface area (Å²) in [7, 11) is 0. The molecule has 0 atom stereocenters. The van der Waals surface area contributed by atoms with Gasteiger partial charge in [-0.15, -0.1) is 0 Å². The normalized spacial score (nSPS) is 10.9. The van der Waals surface area contributed by atoms with E-state index in [0.29, 0.717) is 24.2 Å². The van der Waals surface area contributed by atoms with E-state index in [1.165, 1.54) is 0 Å². The standard InChI is InChI=1S/C21H25N3O4.C16H17N3O2/c1-21(2,3)28-19(25)23-13-15-9-11-17(12-10-15)18(22)24-20(26)27-14-16-7-5-4-6-8-16;17-10-12-6-8-14(9-7-12)15(18)19-16(20)21-11-13-4-2-1-3-5-13/h4-12H,13-14H2,1-3H3,(H,23,25)(H2,22,24,26);1-9H,10-11,17H2,(H2,18,19,20). The molecule has 256 valence electrons. The van der Waals surface area contributed by atoms with E-state index in [2.05, 4.69) is 15.6 Å². The van der Waals surface area contributed by atoms with E-state index in [-0.39, 0.29) is 24.9 Å². The fraction of sp³-hybridized carbons (Fsp3) is 0.216. The maximum Gasteiger partial charge on any atom is 0.435 e. The number of benzene rings is 4. The first-order chi connectivity index (χ1) is 23.4. The fourth-order valence-corrected chi connectivity index (χ4v) is 3.94. The topological polar surface area (TPSA) is 191 Å². The smallest absolute Gasteiger partial charge is 0.435 e. The number of nitrogens with one attached hydrogen (secondary N) is 3. The van der Waals surface area contributed by atoms with Crippen LogP contribution in [-0.4, -0.2) is 35.6 Å². The Hall–Kier alpha value is -6.01. The first-order valence-electron chi connectivity index (χ1n) is 15.4. The fourth-order valence-electron chi connectivity index (χ4n) is 3.94. The number of hydrogen-bond acceptors (Lipinski definition) is 8. The maximum atomic E-state index is 11.8. The number of nitrogens with two attached hydrogens (primary N) is 2. The van der Waals surface area contributed by atoms with Crippen molar-refractivity contribution in [2.75, 3.05) is 0 Å². The zero-order valence-corrected chi connectivity index (χ0v) is 27.8. The van der Waals surface area contributed by atoms with Crippen molar-refractivity contribution in [3.8, 4) is 0 Å². The van der Waals surface area contributed by atoms with Crippen molar-refractivity contribution in [2.24, 2.45) is 16.5 Å². The summed E-state index contributed by atoms with van der Waals surface area (Å²) in [6, 6.07) is 32.8. The number of rotatable bonds is 9. The Kier molecular flexibility index (Phi) is 14.5. The van der Waals surface area contributed by atoms with Crippen molar-refractivity contribution in [3.05, 3.63) is 143 Å². The third-order valence-corrected chi connectivity index (χ3v) is 6.42. The molecule has 0 aliphatic rings. The zero-order chi connectivity index (χ0) is 35.6. The SMILES string of the molecule is CC(C)(C)OC(=O)NCc1ccc(C(=N)NC(=O)OCc2ccccc2)cc1.NCc1ccc(C(N)=NC(=O)OCc2ccccc2)cc1. The number of hydrogen-bond donors (Lipinski definition) is 5.